The van der Waals surface area contributed by atoms with E-state index in [-0.39, 0.29) is 6.61 Å². The molecule has 5 heteroatoms. The first-order valence-electron chi connectivity index (χ1n) is 6.18. The fraction of sp³-hybridized carbons (Fsp3) is 0.667. The molecule has 0 saturated carbocycles. The smallest absolute Gasteiger partial charge is 0.140 e. The van der Waals surface area contributed by atoms with Crippen LogP contribution in [0.5, 0.6) is 0 Å². The highest BCUT2D eigenvalue weighted by atomic mass is 35.5. The molecule has 1 aliphatic rings. The molecule has 0 radical (unpaired) electrons. The Kier molecular flexibility index (Phi) is 4.57. The molecular weight excluding hydrogens is 238 g/mol. The van der Waals surface area contributed by atoms with E-state index in [0.717, 1.165) is 18.9 Å². The molecule has 1 aliphatic heterocycles. The van der Waals surface area contributed by atoms with Crippen LogP contribution in [0.1, 0.15) is 37.7 Å². The molecule has 2 heterocycles. The van der Waals surface area contributed by atoms with Crippen LogP contribution >= 0.6 is 11.6 Å². The highest BCUT2D eigenvalue weighted by Crippen LogP contribution is 2.25. The third-order valence-corrected chi connectivity index (χ3v) is 3.51. The minimum absolute atomic E-state index is 0.106. The molecule has 1 aromatic heterocycles. The van der Waals surface area contributed by atoms with Crippen molar-refractivity contribution < 1.29 is 5.11 Å². The Morgan fingerprint density at radius 2 is 1.76 bits per heavy atom. The lowest BCUT2D eigenvalue weighted by molar-refractivity contribution is 0.281. The van der Waals surface area contributed by atoms with Crippen LogP contribution in [0.25, 0.3) is 0 Å². The van der Waals surface area contributed by atoms with Crippen molar-refractivity contribution >= 4 is 17.4 Å². The van der Waals surface area contributed by atoms with Crippen LogP contribution < -0.4 is 4.90 Å². The van der Waals surface area contributed by atoms with Crippen molar-refractivity contribution in [3.05, 3.63) is 17.0 Å². The van der Waals surface area contributed by atoms with Gasteiger partial charge in [-0.1, -0.05) is 30.9 Å². The molecule has 0 aromatic carbocycles. The van der Waals surface area contributed by atoms with Gasteiger partial charge in [-0.2, -0.15) is 0 Å². The maximum atomic E-state index is 9.36. The van der Waals surface area contributed by atoms with Gasteiger partial charge in [-0.25, -0.2) is 9.97 Å². The maximum Gasteiger partial charge on any atom is 0.140 e. The van der Waals surface area contributed by atoms with E-state index < -0.39 is 0 Å². The summed E-state index contributed by atoms with van der Waals surface area (Å²) < 4.78 is 0. The number of hydrogen-bond donors (Lipinski definition) is 1. The molecule has 0 spiro atoms. The van der Waals surface area contributed by atoms with E-state index in [4.69, 9.17) is 11.6 Å². The lowest BCUT2D eigenvalue weighted by Gasteiger charge is -2.27. The van der Waals surface area contributed by atoms with Gasteiger partial charge in [0.25, 0.3) is 0 Å². The lowest BCUT2D eigenvalue weighted by atomic mass is 10.1. The Hall–Kier alpha value is -0.870. The zero-order valence-electron chi connectivity index (χ0n) is 9.90. The molecule has 1 saturated heterocycles. The number of aliphatic hydroxyl groups excluding tert-OH is 1. The normalized spacial score (nSPS) is 17.6. The third-order valence-electron chi connectivity index (χ3n) is 3.18. The molecule has 2 rings (SSSR count). The summed E-state index contributed by atoms with van der Waals surface area (Å²) in [6.07, 6.45) is 7.67. The summed E-state index contributed by atoms with van der Waals surface area (Å²) in [6, 6.07) is 0. The summed E-state index contributed by atoms with van der Waals surface area (Å²) in [5.74, 6) is 0.800. The molecular formula is C12H18ClN3O. The van der Waals surface area contributed by atoms with E-state index in [1.165, 1.54) is 38.4 Å². The zero-order chi connectivity index (χ0) is 12.1. The zero-order valence-corrected chi connectivity index (χ0v) is 10.7. The monoisotopic (exact) mass is 255 g/mol. The number of nitrogens with zero attached hydrogens (tertiary/aromatic N) is 3. The van der Waals surface area contributed by atoms with Crippen LogP contribution in [0.2, 0.25) is 5.15 Å². The second-order valence-corrected chi connectivity index (χ2v) is 4.74. The Balaban J connectivity index is 2.21. The van der Waals surface area contributed by atoms with Crippen LogP contribution in [-0.4, -0.2) is 28.2 Å². The molecule has 0 unspecified atom stereocenters. The summed E-state index contributed by atoms with van der Waals surface area (Å²) in [6.45, 7) is 1.87. The molecule has 0 bridgehead atoms. The van der Waals surface area contributed by atoms with E-state index in [1.807, 2.05) is 0 Å². The average molecular weight is 256 g/mol. The lowest BCUT2D eigenvalue weighted by Crippen LogP contribution is -2.29. The van der Waals surface area contributed by atoms with Gasteiger partial charge >= 0.3 is 0 Å². The van der Waals surface area contributed by atoms with Gasteiger partial charge in [-0.05, 0) is 12.8 Å². The van der Waals surface area contributed by atoms with Crippen LogP contribution in [0.3, 0.4) is 0 Å². The van der Waals surface area contributed by atoms with Crippen molar-refractivity contribution in [2.24, 2.45) is 0 Å². The Labute approximate surface area is 107 Å². The second kappa shape index (κ2) is 6.17. The average Bonchev–Trinajstić information content (AvgIpc) is 2.28. The largest absolute Gasteiger partial charge is 0.391 e. The van der Waals surface area contributed by atoms with Gasteiger partial charge in [0.05, 0.1) is 12.2 Å². The number of rotatable bonds is 2. The first kappa shape index (κ1) is 12.6. The summed E-state index contributed by atoms with van der Waals surface area (Å²) in [4.78, 5) is 10.4. The van der Waals surface area contributed by atoms with E-state index in [0.29, 0.717) is 10.7 Å². The molecule has 0 amide bonds. The van der Waals surface area contributed by atoms with Crippen molar-refractivity contribution in [2.75, 3.05) is 18.0 Å². The number of hydrogen-bond acceptors (Lipinski definition) is 4. The Morgan fingerprint density at radius 1 is 1.12 bits per heavy atom. The molecule has 94 valence electrons. The minimum atomic E-state index is -0.106. The molecule has 0 atom stereocenters. The first-order chi connectivity index (χ1) is 8.33. The van der Waals surface area contributed by atoms with Gasteiger partial charge in [-0.3, -0.25) is 0 Å². The van der Waals surface area contributed by atoms with E-state index >= 15 is 0 Å². The predicted octanol–water partition coefficient (Wildman–Crippen LogP) is 2.39. The number of halogens is 1. The van der Waals surface area contributed by atoms with Gasteiger partial charge in [0.15, 0.2) is 0 Å². The molecule has 1 fully saturated rings. The Bertz CT molecular complexity index is 365. The number of aliphatic hydroxyl groups is 1. The third kappa shape index (κ3) is 3.07. The molecule has 0 aliphatic carbocycles. The standard InChI is InChI=1S/C12H18ClN3O/c13-11-10(8-17)12(15-9-14-11)16-6-4-2-1-3-5-7-16/h9,17H,1-8H2. The van der Waals surface area contributed by atoms with Crippen LogP contribution in [0.4, 0.5) is 5.82 Å². The topological polar surface area (TPSA) is 49.3 Å². The van der Waals surface area contributed by atoms with Crippen molar-refractivity contribution in [2.45, 2.75) is 38.7 Å². The van der Waals surface area contributed by atoms with E-state index in [2.05, 4.69) is 14.9 Å². The first-order valence-corrected chi connectivity index (χ1v) is 6.56. The number of aromatic nitrogens is 2. The molecule has 4 nitrogen and oxygen atoms in total. The summed E-state index contributed by atoms with van der Waals surface area (Å²) in [5.41, 5.74) is 0.648. The molecule has 1 N–H and O–H groups in total. The van der Waals surface area contributed by atoms with Gasteiger partial charge < -0.3 is 10.0 Å². The van der Waals surface area contributed by atoms with Crippen molar-refractivity contribution in [1.82, 2.24) is 9.97 Å². The van der Waals surface area contributed by atoms with Crippen molar-refractivity contribution in [1.29, 1.82) is 0 Å². The summed E-state index contributed by atoms with van der Waals surface area (Å²) in [7, 11) is 0. The van der Waals surface area contributed by atoms with Crippen LogP contribution in [0, 0.1) is 0 Å². The quantitative estimate of drug-likeness (QED) is 0.825. The second-order valence-electron chi connectivity index (χ2n) is 4.38. The van der Waals surface area contributed by atoms with Crippen LogP contribution in [0.15, 0.2) is 6.33 Å². The van der Waals surface area contributed by atoms with Crippen molar-refractivity contribution in [3.8, 4) is 0 Å². The minimum Gasteiger partial charge on any atom is -0.391 e. The molecule has 1 aromatic rings. The van der Waals surface area contributed by atoms with E-state index in [9.17, 15) is 5.11 Å². The van der Waals surface area contributed by atoms with Gasteiger partial charge in [-0.15, -0.1) is 0 Å². The van der Waals surface area contributed by atoms with Crippen molar-refractivity contribution in [3.63, 3.8) is 0 Å². The number of anilines is 1. The summed E-state index contributed by atoms with van der Waals surface area (Å²) >= 11 is 5.98. The van der Waals surface area contributed by atoms with Gasteiger partial charge in [0.2, 0.25) is 0 Å². The Morgan fingerprint density at radius 3 is 2.41 bits per heavy atom. The molecule has 17 heavy (non-hydrogen) atoms. The van der Waals surface area contributed by atoms with Gasteiger partial charge in [0.1, 0.15) is 17.3 Å². The predicted molar refractivity (Wildman–Crippen MR) is 68.3 cm³/mol. The van der Waals surface area contributed by atoms with Crippen LogP contribution in [-0.2, 0) is 6.61 Å². The highest BCUT2D eigenvalue weighted by molar-refractivity contribution is 6.30. The SMILES string of the molecule is OCc1c(Cl)ncnc1N1CCCCCCC1. The van der Waals surface area contributed by atoms with Gasteiger partial charge in [0, 0.05) is 13.1 Å². The maximum absolute atomic E-state index is 9.36. The highest BCUT2D eigenvalue weighted by Gasteiger charge is 2.16. The summed E-state index contributed by atoms with van der Waals surface area (Å²) in [5, 5.41) is 9.73. The fourth-order valence-corrected chi connectivity index (χ4v) is 2.44. The fourth-order valence-electron chi connectivity index (χ4n) is 2.25. The van der Waals surface area contributed by atoms with E-state index in [1.54, 1.807) is 0 Å².